The average molecular weight is 304 g/mol. The quantitative estimate of drug-likeness (QED) is 0.778. The first kappa shape index (κ1) is 13.7. The molecule has 1 amide bonds. The molecule has 0 unspecified atom stereocenters. The Morgan fingerprint density at radius 3 is 2.57 bits per heavy atom. The molecule has 5 heteroatoms. The Hall–Kier alpha value is -2.95. The lowest BCUT2D eigenvalue weighted by Crippen LogP contribution is -2.25. The summed E-state index contributed by atoms with van der Waals surface area (Å²) in [5.74, 6) is -0.0221. The zero-order chi connectivity index (χ0) is 15.6. The lowest BCUT2D eigenvalue weighted by atomic mass is 10.0. The van der Waals surface area contributed by atoms with Gasteiger partial charge in [0.2, 0.25) is 0 Å². The van der Waals surface area contributed by atoms with Gasteiger partial charge in [-0.05, 0) is 30.5 Å². The number of benzene rings is 1. The van der Waals surface area contributed by atoms with Crippen molar-refractivity contribution in [2.24, 2.45) is 0 Å². The van der Waals surface area contributed by atoms with Gasteiger partial charge in [-0.15, -0.1) is 0 Å². The number of amides is 1. The van der Waals surface area contributed by atoms with Crippen molar-refractivity contribution >= 4 is 5.91 Å². The molecule has 4 rings (SSSR count). The molecule has 5 nitrogen and oxygen atoms in total. The summed E-state index contributed by atoms with van der Waals surface area (Å²) in [5, 5.41) is 9.76. The fourth-order valence-corrected chi connectivity index (χ4v) is 2.47. The summed E-state index contributed by atoms with van der Waals surface area (Å²) in [6, 6.07) is 12.0. The molecular weight excluding hydrogens is 288 g/mol. The van der Waals surface area contributed by atoms with Crippen LogP contribution in [0, 0.1) is 0 Å². The molecule has 0 aliphatic heterocycles. The van der Waals surface area contributed by atoms with Gasteiger partial charge < -0.3 is 5.32 Å². The Morgan fingerprint density at radius 1 is 1.09 bits per heavy atom. The van der Waals surface area contributed by atoms with Crippen molar-refractivity contribution in [2.45, 2.75) is 18.9 Å². The molecule has 3 aromatic rings. The highest BCUT2D eigenvalue weighted by Gasteiger charge is 2.23. The second-order valence-electron chi connectivity index (χ2n) is 5.74. The summed E-state index contributed by atoms with van der Waals surface area (Å²) in [4.78, 5) is 16.5. The van der Waals surface area contributed by atoms with Crippen LogP contribution in [0.2, 0.25) is 0 Å². The number of aromatic nitrogens is 3. The minimum Gasteiger partial charge on any atom is -0.349 e. The van der Waals surface area contributed by atoms with Gasteiger partial charge in [0, 0.05) is 35.1 Å². The highest BCUT2D eigenvalue weighted by Crippen LogP contribution is 2.24. The predicted molar refractivity (Wildman–Crippen MR) is 87.7 cm³/mol. The standard InChI is InChI=1S/C18H16N4O/c23-18(22-16-5-6-16)14-7-8-19-17(9-14)13-3-1-12(2-4-13)15-10-20-21-11-15/h1-4,7-11,16H,5-6H2,(H,20,21)(H,22,23). The number of carbonyl (C=O) groups is 1. The summed E-state index contributed by atoms with van der Waals surface area (Å²) in [6.07, 6.45) is 7.49. The monoisotopic (exact) mass is 304 g/mol. The second-order valence-corrected chi connectivity index (χ2v) is 5.74. The van der Waals surface area contributed by atoms with Crippen LogP contribution in [0.25, 0.3) is 22.4 Å². The van der Waals surface area contributed by atoms with E-state index in [-0.39, 0.29) is 5.91 Å². The fraction of sp³-hybridized carbons (Fsp3) is 0.167. The first-order chi connectivity index (χ1) is 11.3. The molecule has 0 bridgehead atoms. The van der Waals surface area contributed by atoms with Crippen LogP contribution in [-0.2, 0) is 0 Å². The Morgan fingerprint density at radius 2 is 1.87 bits per heavy atom. The van der Waals surface area contributed by atoms with Gasteiger partial charge in [-0.2, -0.15) is 5.10 Å². The Kier molecular flexibility index (Phi) is 3.38. The van der Waals surface area contributed by atoms with Gasteiger partial charge in [0.1, 0.15) is 0 Å². The molecule has 2 aromatic heterocycles. The molecule has 2 heterocycles. The topological polar surface area (TPSA) is 70.7 Å². The van der Waals surface area contributed by atoms with Crippen LogP contribution in [0.5, 0.6) is 0 Å². The number of H-pyrrole nitrogens is 1. The molecule has 0 saturated heterocycles. The Labute approximate surface area is 133 Å². The number of carbonyl (C=O) groups excluding carboxylic acids is 1. The molecule has 0 radical (unpaired) electrons. The van der Waals surface area contributed by atoms with Gasteiger partial charge in [0.05, 0.1) is 11.9 Å². The lowest BCUT2D eigenvalue weighted by Gasteiger charge is -2.06. The zero-order valence-corrected chi connectivity index (χ0v) is 12.5. The lowest BCUT2D eigenvalue weighted by molar-refractivity contribution is 0.0951. The number of hydrogen-bond acceptors (Lipinski definition) is 3. The van der Waals surface area contributed by atoms with Crippen LogP contribution < -0.4 is 5.32 Å². The Balaban J connectivity index is 1.58. The summed E-state index contributed by atoms with van der Waals surface area (Å²) in [6.45, 7) is 0. The first-order valence-electron chi connectivity index (χ1n) is 7.66. The van der Waals surface area contributed by atoms with E-state index in [4.69, 9.17) is 0 Å². The molecule has 23 heavy (non-hydrogen) atoms. The zero-order valence-electron chi connectivity index (χ0n) is 12.5. The number of aromatic amines is 1. The largest absolute Gasteiger partial charge is 0.349 e. The van der Waals surface area contributed by atoms with Crippen molar-refractivity contribution in [1.29, 1.82) is 0 Å². The molecule has 1 aliphatic rings. The maximum atomic E-state index is 12.1. The molecular formula is C18H16N4O. The van der Waals surface area contributed by atoms with Crippen LogP contribution in [0.3, 0.4) is 0 Å². The minimum absolute atomic E-state index is 0.0221. The molecule has 114 valence electrons. The molecule has 0 spiro atoms. The van der Waals surface area contributed by atoms with E-state index in [1.165, 1.54) is 0 Å². The first-order valence-corrected chi connectivity index (χ1v) is 7.66. The molecule has 1 fully saturated rings. The van der Waals surface area contributed by atoms with E-state index < -0.39 is 0 Å². The molecule has 2 N–H and O–H groups in total. The molecule has 1 saturated carbocycles. The summed E-state index contributed by atoms with van der Waals surface area (Å²) in [7, 11) is 0. The smallest absolute Gasteiger partial charge is 0.251 e. The fourth-order valence-electron chi connectivity index (χ4n) is 2.47. The summed E-state index contributed by atoms with van der Waals surface area (Å²) in [5.41, 5.74) is 4.57. The number of nitrogens with one attached hydrogen (secondary N) is 2. The average Bonchev–Trinajstić information content (AvgIpc) is 3.24. The van der Waals surface area contributed by atoms with Crippen molar-refractivity contribution in [3.8, 4) is 22.4 Å². The van der Waals surface area contributed by atoms with Gasteiger partial charge in [-0.25, -0.2) is 0 Å². The maximum absolute atomic E-state index is 12.1. The van der Waals surface area contributed by atoms with Gasteiger partial charge in [0.25, 0.3) is 5.91 Å². The van der Waals surface area contributed by atoms with Crippen LogP contribution in [0.15, 0.2) is 55.0 Å². The van der Waals surface area contributed by atoms with E-state index in [0.29, 0.717) is 11.6 Å². The van der Waals surface area contributed by atoms with Gasteiger partial charge >= 0.3 is 0 Å². The SMILES string of the molecule is O=C(NC1CC1)c1ccnc(-c2ccc(-c3cn[nH]c3)cc2)c1. The van der Waals surface area contributed by atoms with E-state index in [9.17, 15) is 4.79 Å². The second kappa shape index (κ2) is 5.68. The van der Waals surface area contributed by atoms with Crippen molar-refractivity contribution < 1.29 is 4.79 Å². The summed E-state index contributed by atoms with van der Waals surface area (Å²) >= 11 is 0. The van der Waals surface area contributed by atoms with Crippen molar-refractivity contribution in [3.05, 3.63) is 60.6 Å². The number of rotatable bonds is 4. The van der Waals surface area contributed by atoms with Crippen LogP contribution in [0.1, 0.15) is 23.2 Å². The van der Waals surface area contributed by atoms with Gasteiger partial charge in [-0.1, -0.05) is 24.3 Å². The number of pyridine rings is 1. The van der Waals surface area contributed by atoms with E-state index in [1.807, 2.05) is 36.5 Å². The highest BCUT2D eigenvalue weighted by atomic mass is 16.1. The molecule has 1 aromatic carbocycles. The summed E-state index contributed by atoms with van der Waals surface area (Å²) < 4.78 is 0. The van der Waals surface area contributed by atoms with Crippen molar-refractivity contribution in [3.63, 3.8) is 0 Å². The van der Waals surface area contributed by atoms with Crippen molar-refractivity contribution in [1.82, 2.24) is 20.5 Å². The van der Waals surface area contributed by atoms with Crippen LogP contribution in [-0.4, -0.2) is 27.1 Å². The van der Waals surface area contributed by atoms with E-state index in [1.54, 1.807) is 18.5 Å². The normalized spacial score (nSPS) is 13.7. The number of nitrogens with zero attached hydrogens (tertiary/aromatic N) is 2. The maximum Gasteiger partial charge on any atom is 0.251 e. The third kappa shape index (κ3) is 2.99. The third-order valence-electron chi connectivity index (χ3n) is 3.95. The van der Waals surface area contributed by atoms with Gasteiger partial charge in [-0.3, -0.25) is 14.9 Å². The Bertz CT molecular complexity index is 820. The van der Waals surface area contributed by atoms with Crippen LogP contribution >= 0.6 is 0 Å². The van der Waals surface area contributed by atoms with E-state index in [0.717, 1.165) is 35.2 Å². The highest BCUT2D eigenvalue weighted by molar-refractivity contribution is 5.95. The number of hydrogen-bond donors (Lipinski definition) is 2. The minimum atomic E-state index is -0.0221. The van der Waals surface area contributed by atoms with Gasteiger partial charge in [0.15, 0.2) is 0 Å². The van der Waals surface area contributed by atoms with E-state index >= 15 is 0 Å². The predicted octanol–water partition coefficient (Wildman–Crippen LogP) is 3.03. The molecule has 1 aliphatic carbocycles. The van der Waals surface area contributed by atoms with Crippen molar-refractivity contribution in [2.75, 3.05) is 0 Å². The van der Waals surface area contributed by atoms with E-state index in [2.05, 4.69) is 20.5 Å². The van der Waals surface area contributed by atoms with Crippen LogP contribution in [0.4, 0.5) is 0 Å². The third-order valence-corrected chi connectivity index (χ3v) is 3.95. The molecule has 0 atom stereocenters.